The number of aryl methyl sites for hydroxylation is 1. The van der Waals surface area contributed by atoms with E-state index in [1.54, 1.807) is 0 Å². The average Bonchev–Trinajstić information content (AvgIpc) is 2.43. The van der Waals surface area contributed by atoms with Gasteiger partial charge >= 0.3 is 0 Å². The van der Waals surface area contributed by atoms with Gasteiger partial charge in [-0.3, -0.25) is 11.3 Å². The molecular weight excluding hydrogens is 312 g/mol. The third-order valence-corrected chi connectivity index (χ3v) is 4.52. The van der Waals surface area contributed by atoms with Gasteiger partial charge in [0, 0.05) is 10.5 Å². The molecule has 0 saturated heterocycles. The Morgan fingerprint density at radius 2 is 1.75 bits per heavy atom. The molecule has 114 valence electrons. The maximum Gasteiger partial charge on any atom is 0.0471 e. The van der Waals surface area contributed by atoms with Gasteiger partial charge in [-0.15, -0.1) is 0 Å². The van der Waals surface area contributed by atoms with Crippen LogP contribution in [0.5, 0.6) is 0 Å². The van der Waals surface area contributed by atoms with E-state index in [0.29, 0.717) is 0 Å². The van der Waals surface area contributed by atoms with E-state index < -0.39 is 0 Å². The molecule has 0 aromatic heterocycles. The van der Waals surface area contributed by atoms with E-state index in [1.807, 2.05) is 0 Å². The molecule has 1 atom stereocenters. The molecule has 0 spiro atoms. The van der Waals surface area contributed by atoms with Crippen molar-refractivity contribution in [3.05, 3.63) is 33.8 Å². The van der Waals surface area contributed by atoms with Gasteiger partial charge in [-0.1, -0.05) is 79.9 Å². The lowest BCUT2D eigenvalue weighted by atomic mass is 9.99. The van der Waals surface area contributed by atoms with Crippen LogP contribution in [0, 0.1) is 6.92 Å². The Labute approximate surface area is 132 Å². The summed E-state index contributed by atoms with van der Waals surface area (Å²) in [5, 5.41) is 0. The fraction of sp³-hybridized carbons (Fsp3) is 0.647. The van der Waals surface area contributed by atoms with Gasteiger partial charge in [-0.2, -0.15) is 0 Å². The van der Waals surface area contributed by atoms with Gasteiger partial charge in [-0.05, 0) is 30.5 Å². The minimum Gasteiger partial charge on any atom is -0.271 e. The first-order valence-electron chi connectivity index (χ1n) is 7.91. The first kappa shape index (κ1) is 17.7. The summed E-state index contributed by atoms with van der Waals surface area (Å²) in [7, 11) is 0. The van der Waals surface area contributed by atoms with E-state index in [-0.39, 0.29) is 6.04 Å². The molecule has 0 aliphatic heterocycles. The average molecular weight is 341 g/mol. The lowest BCUT2D eigenvalue weighted by Crippen LogP contribution is -2.28. The van der Waals surface area contributed by atoms with Crippen molar-refractivity contribution in [2.24, 2.45) is 5.84 Å². The van der Waals surface area contributed by atoms with Crippen molar-refractivity contribution in [3.8, 4) is 0 Å². The molecule has 0 bridgehead atoms. The topological polar surface area (TPSA) is 38.0 Å². The maximum absolute atomic E-state index is 5.72. The van der Waals surface area contributed by atoms with Gasteiger partial charge in [0.15, 0.2) is 0 Å². The van der Waals surface area contributed by atoms with Gasteiger partial charge in [0.2, 0.25) is 0 Å². The number of nitrogens with two attached hydrogens (primary N) is 1. The quantitative estimate of drug-likeness (QED) is 0.340. The largest absolute Gasteiger partial charge is 0.271 e. The van der Waals surface area contributed by atoms with Crippen LogP contribution < -0.4 is 11.3 Å². The number of hydrazine groups is 1. The van der Waals surface area contributed by atoms with Crippen LogP contribution in [0.4, 0.5) is 0 Å². The van der Waals surface area contributed by atoms with Crippen LogP contribution in [-0.4, -0.2) is 0 Å². The first-order chi connectivity index (χ1) is 9.69. The predicted molar refractivity (Wildman–Crippen MR) is 91.6 cm³/mol. The van der Waals surface area contributed by atoms with Crippen LogP contribution in [0.1, 0.15) is 75.5 Å². The van der Waals surface area contributed by atoms with Crippen molar-refractivity contribution >= 4 is 15.9 Å². The summed E-state index contributed by atoms with van der Waals surface area (Å²) in [6.45, 7) is 4.37. The Kier molecular flexibility index (Phi) is 9.16. The minimum absolute atomic E-state index is 0.251. The highest BCUT2D eigenvalue weighted by Gasteiger charge is 2.12. The second-order valence-corrected chi connectivity index (χ2v) is 6.51. The Hall–Kier alpha value is -0.380. The molecule has 1 aromatic carbocycles. The molecule has 0 fully saturated rings. The minimum atomic E-state index is 0.251. The molecule has 0 aliphatic carbocycles. The lowest BCUT2D eigenvalue weighted by Gasteiger charge is -2.18. The van der Waals surface area contributed by atoms with E-state index in [2.05, 4.69) is 53.4 Å². The molecule has 0 amide bonds. The fourth-order valence-electron chi connectivity index (χ4n) is 2.55. The third-order valence-electron chi connectivity index (χ3n) is 3.83. The highest BCUT2D eigenvalue weighted by molar-refractivity contribution is 9.10. The molecule has 3 heteroatoms. The zero-order valence-corrected chi connectivity index (χ0v) is 14.5. The Bertz CT molecular complexity index is 379. The second-order valence-electron chi connectivity index (χ2n) is 5.65. The zero-order chi connectivity index (χ0) is 14.8. The Morgan fingerprint density at radius 1 is 1.10 bits per heavy atom. The van der Waals surface area contributed by atoms with Crippen molar-refractivity contribution in [1.29, 1.82) is 0 Å². The van der Waals surface area contributed by atoms with Crippen molar-refractivity contribution in [3.63, 3.8) is 0 Å². The molecule has 0 heterocycles. The van der Waals surface area contributed by atoms with E-state index in [9.17, 15) is 0 Å². The van der Waals surface area contributed by atoms with Crippen LogP contribution in [0.25, 0.3) is 0 Å². The highest BCUT2D eigenvalue weighted by Crippen LogP contribution is 2.27. The number of benzene rings is 1. The molecule has 0 saturated carbocycles. The molecule has 0 radical (unpaired) electrons. The second kappa shape index (κ2) is 10.4. The fourth-order valence-corrected chi connectivity index (χ4v) is 3.32. The monoisotopic (exact) mass is 340 g/mol. The molecular formula is C17H29BrN2. The predicted octanol–water partition coefficient (Wildman–Crippen LogP) is 5.40. The van der Waals surface area contributed by atoms with Crippen LogP contribution in [0.2, 0.25) is 0 Å². The number of rotatable bonds is 10. The SMILES string of the molecule is CCCCCCCCCC(NN)c1ccc(C)cc1Br. The normalized spacial score (nSPS) is 12.6. The van der Waals surface area contributed by atoms with E-state index in [0.717, 1.165) is 10.9 Å². The number of hydrogen-bond donors (Lipinski definition) is 2. The number of halogens is 1. The number of hydrogen-bond acceptors (Lipinski definition) is 2. The molecule has 0 aliphatic rings. The molecule has 2 nitrogen and oxygen atoms in total. The van der Waals surface area contributed by atoms with Crippen molar-refractivity contribution in [2.45, 2.75) is 71.3 Å². The van der Waals surface area contributed by atoms with E-state index in [4.69, 9.17) is 5.84 Å². The van der Waals surface area contributed by atoms with Crippen molar-refractivity contribution < 1.29 is 0 Å². The standard InChI is InChI=1S/C17H29BrN2/c1-3-4-5-6-7-8-9-10-17(20-19)15-12-11-14(2)13-16(15)18/h11-13,17,20H,3-10,19H2,1-2H3. The van der Waals surface area contributed by atoms with Gasteiger partial charge in [-0.25, -0.2) is 0 Å². The van der Waals surface area contributed by atoms with Gasteiger partial charge in [0.05, 0.1) is 0 Å². The third kappa shape index (κ3) is 6.38. The van der Waals surface area contributed by atoms with Crippen LogP contribution >= 0.6 is 15.9 Å². The summed E-state index contributed by atoms with van der Waals surface area (Å²) in [6.07, 6.45) is 10.5. The summed E-state index contributed by atoms with van der Waals surface area (Å²) in [6, 6.07) is 6.73. The van der Waals surface area contributed by atoms with Crippen molar-refractivity contribution in [1.82, 2.24) is 5.43 Å². The summed E-state index contributed by atoms with van der Waals surface area (Å²) in [5.41, 5.74) is 5.50. The molecule has 3 N–H and O–H groups in total. The van der Waals surface area contributed by atoms with Crippen LogP contribution in [0.15, 0.2) is 22.7 Å². The number of nitrogens with one attached hydrogen (secondary N) is 1. The van der Waals surface area contributed by atoms with Gasteiger partial charge < -0.3 is 0 Å². The molecule has 1 aromatic rings. The Morgan fingerprint density at radius 3 is 2.35 bits per heavy atom. The smallest absolute Gasteiger partial charge is 0.0471 e. The van der Waals surface area contributed by atoms with Crippen LogP contribution in [0.3, 0.4) is 0 Å². The van der Waals surface area contributed by atoms with Gasteiger partial charge in [0.25, 0.3) is 0 Å². The number of unbranched alkanes of at least 4 members (excludes halogenated alkanes) is 6. The lowest BCUT2D eigenvalue weighted by molar-refractivity contribution is 0.474. The zero-order valence-electron chi connectivity index (χ0n) is 12.9. The summed E-state index contributed by atoms with van der Waals surface area (Å²) < 4.78 is 1.16. The molecule has 20 heavy (non-hydrogen) atoms. The summed E-state index contributed by atoms with van der Waals surface area (Å²) in [4.78, 5) is 0. The van der Waals surface area contributed by atoms with E-state index in [1.165, 1.54) is 56.1 Å². The van der Waals surface area contributed by atoms with Gasteiger partial charge in [0.1, 0.15) is 0 Å². The van der Waals surface area contributed by atoms with E-state index >= 15 is 0 Å². The van der Waals surface area contributed by atoms with Crippen molar-refractivity contribution in [2.75, 3.05) is 0 Å². The molecule has 1 rings (SSSR count). The summed E-state index contributed by atoms with van der Waals surface area (Å²) >= 11 is 3.64. The Balaban J connectivity index is 2.32. The molecule has 1 unspecified atom stereocenters. The van der Waals surface area contributed by atoms with Crippen LogP contribution in [-0.2, 0) is 0 Å². The first-order valence-corrected chi connectivity index (χ1v) is 8.70. The summed E-state index contributed by atoms with van der Waals surface area (Å²) in [5.74, 6) is 5.72. The highest BCUT2D eigenvalue weighted by atomic mass is 79.9. The maximum atomic E-state index is 5.72.